The van der Waals surface area contributed by atoms with Crippen molar-refractivity contribution in [3.05, 3.63) is 29.8 Å². The lowest BCUT2D eigenvalue weighted by molar-refractivity contribution is -0.141. The predicted octanol–water partition coefficient (Wildman–Crippen LogP) is 0.117. The van der Waals surface area contributed by atoms with Gasteiger partial charge in [-0.3, -0.25) is 9.59 Å². The first-order valence-corrected chi connectivity index (χ1v) is 7.85. The van der Waals surface area contributed by atoms with Gasteiger partial charge in [0, 0.05) is 6.54 Å². The van der Waals surface area contributed by atoms with Crippen molar-refractivity contribution in [3.8, 4) is 0 Å². The maximum Gasteiger partial charge on any atom is 0.325 e. The molecule has 21 heavy (non-hydrogen) atoms. The van der Waals surface area contributed by atoms with Gasteiger partial charge in [0.15, 0.2) is 0 Å². The van der Waals surface area contributed by atoms with E-state index in [0.717, 1.165) is 0 Å². The number of hydrogen-bond donors (Lipinski definition) is 3. The molecular weight excluding hydrogens is 296 g/mol. The largest absolute Gasteiger partial charge is 0.480 e. The van der Waals surface area contributed by atoms with Crippen molar-refractivity contribution in [3.63, 3.8) is 0 Å². The highest BCUT2D eigenvalue weighted by Crippen LogP contribution is 2.10. The topological polar surface area (TPSA) is 113 Å². The molecular formula is C13H18N2O5S. The number of carboxylic acid groups (broad SMARTS) is 1. The van der Waals surface area contributed by atoms with E-state index in [9.17, 15) is 18.0 Å². The Hall–Kier alpha value is -1.93. The summed E-state index contributed by atoms with van der Waals surface area (Å²) in [6.07, 6.45) is -0.0147. The van der Waals surface area contributed by atoms with Gasteiger partial charge in [0.05, 0.1) is 11.3 Å². The summed E-state index contributed by atoms with van der Waals surface area (Å²) in [7, 11) is -3.51. The minimum Gasteiger partial charge on any atom is -0.480 e. The summed E-state index contributed by atoms with van der Waals surface area (Å²) in [5.74, 6) is -1.55. The van der Waals surface area contributed by atoms with E-state index in [1.807, 2.05) is 0 Å². The number of benzene rings is 1. The lowest BCUT2D eigenvalue weighted by Gasteiger charge is -2.09. The molecule has 0 fully saturated rings. The third kappa shape index (κ3) is 5.16. The lowest BCUT2D eigenvalue weighted by Crippen LogP contribution is -2.39. The first-order chi connectivity index (χ1) is 9.76. The van der Waals surface area contributed by atoms with Crippen LogP contribution in [-0.4, -0.2) is 38.0 Å². The van der Waals surface area contributed by atoms with Crippen molar-refractivity contribution in [2.45, 2.75) is 31.2 Å². The van der Waals surface area contributed by atoms with Gasteiger partial charge in [-0.2, -0.15) is 0 Å². The van der Waals surface area contributed by atoms with Crippen molar-refractivity contribution >= 4 is 21.9 Å². The van der Waals surface area contributed by atoms with Gasteiger partial charge in [0.25, 0.3) is 0 Å². The summed E-state index contributed by atoms with van der Waals surface area (Å²) in [6.45, 7) is 3.34. The molecule has 0 aliphatic carbocycles. The molecule has 3 N–H and O–H groups in total. The summed E-state index contributed by atoms with van der Waals surface area (Å²) in [4.78, 5) is 22.3. The van der Waals surface area contributed by atoms with Gasteiger partial charge in [-0.15, -0.1) is 0 Å². The zero-order valence-corrected chi connectivity index (χ0v) is 12.6. The molecule has 116 valence electrons. The zero-order valence-electron chi connectivity index (χ0n) is 11.8. The molecule has 8 heteroatoms. The Morgan fingerprint density at radius 1 is 1.24 bits per heavy atom. The molecule has 0 heterocycles. The van der Waals surface area contributed by atoms with Gasteiger partial charge >= 0.3 is 5.97 Å². The number of sulfonamides is 1. The number of amides is 1. The van der Waals surface area contributed by atoms with Gasteiger partial charge in [-0.05, 0) is 24.6 Å². The molecule has 0 aliphatic heterocycles. The number of rotatable bonds is 7. The molecule has 0 aliphatic rings. The van der Waals surface area contributed by atoms with Crippen molar-refractivity contribution in [1.29, 1.82) is 0 Å². The maximum atomic E-state index is 11.7. The van der Waals surface area contributed by atoms with E-state index in [-0.39, 0.29) is 11.3 Å². The Morgan fingerprint density at radius 2 is 1.81 bits per heavy atom. The molecule has 0 spiro atoms. The van der Waals surface area contributed by atoms with Crippen LogP contribution in [0.5, 0.6) is 0 Å². The van der Waals surface area contributed by atoms with Crippen LogP contribution in [0.3, 0.4) is 0 Å². The Bertz CT molecular complexity index is 610. The van der Waals surface area contributed by atoms with E-state index in [1.165, 1.54) is 31.2 Å². The highest BCUT2D eigenvalue weighted by atomic mass is 32.2. The summed E-state index contributed by atoms with van der Waals surface area (Å²) in [6, 6.07) is 4.89. The van der Waals surface area contributed by atoms with Crippen LogP contribution in [0.1, 0.15) is 19.4 Å². The third-order valence-electron chi connectivity index (χ3n) is 2.68. The Balaban J connectivity index is 2.71. The number of hydrogen-bond acceptors (Lipinski definition) is 4. The van der Waals surface area contributed by atoms with E-state index in [1.54, 1.807) is 6.92 Å². The number of nitrogens with one attached hydrogen (secondary N) is 2. The Labute approximate surface area is 123 Å². The lowest BCUT2D eigenvalue weighted by atomic mass is 10.1. The highest BCUT2D eigenvalue weighted by Gasteiger charge is 2.15. The second-order valence-electron chi connectivity index (χ2n) is 4.45. The van der Waals surface area contributed by atoms with Crippen molar-refractivity contribution in [2.24, 2.45) is 0 Å². The smallest absolute Gasteiger partial charge is 0.325 e. The van der Waals surface area contributed by atoms with Gasteiger partial charge in [-0.25, -0.2) is 13.1 Å². The Morgan fingerprint density at radius 3 is 2.29 bits per heavy atom. The fraction of sp³-hybridized carbons (Fsp3) is 0.385. The average molecular weight is 314 g/mol. The number of aliphatic carboxylic acids is 1. The fourth-order valence-electron chi connectivity index (χ4n) is 1.60. The van der Waals surface area contributed by atoms with Crippen LogP contribution in [-0.2, 0) is 26.0 Å². The van der Waals surface area contributed by atoms with Crippen LogP contribution in [0.15, 0.2) is 29.2 Å². The molecule has 1 amide bonds. The molecule has 1 atom stereocenters. The molecule has 0 bridgehead atoms. The summed E-state index contributed by atoms with van der Waals surface area (Å²) < 4.78 is 25.8. The quantitative estimate of drug-likeness (QED) is 0.661. The second kappa shape index (κ2) is 7.19. The molecule has 0 saturated heterocycles. The fourth-order valence-corrected chi connectivity index (χ4v) is 2.64. The average Bonchev–Trinajstić information content (AvgIpc) is 2.38. The van der Waals surface area contributed by atoms with Gasteiger partial charge in [-0.1, -0.05) is 19.1 Å². The monoisotopic (exact) mass is 314 g/mol. The summed E-state index contributed by atoms with van der Waals surface area (Å²) >= 11 is 0. The Kier molecular flexibility index (Phi) is 5.86. The van der Waals surface area contributed by atoms with E-state index < -0.39 is 27.9 Å². The molecule has 0 saturated carbocycles. The number of carbonyl (C=O) groups is 2. The van der Waals surface area contributed by atoms with E-state index in [2.05, 4.69) is 10.0 Å². The first-order valence-electron chi connectivity index (χ1n) is 6.37. The van der Waals surface area contributed by atoms with Gasteiger partial charge in [0.1, 0.15) is 6.04 Å². The normalized spacial score (nSPS) is 12.7. The minimum absolute atomic E-state index is 0.0147. The molecule has 1 rings (SSSR count). The van der Waals surface area contributed by atoms with E-state index >= 15 is 0 Å². The highest BCUT2D eigenvalue weighted by molar-refractivity contribution is 7.89. The minimum atomic E-state index is -3.51. The van der Waals surface area contributed by atoms with Crippen LogP contribution >= 0.6 is 0 Å². The summed E-state index contributed by atoms with van der Waals surface area (Å²) in [5, 5.41) is 11.0. The molecule has 0 aromatic heterocycles. The second-order valence-corrected chi connectivity index (χ2v) is 6.22. The van der Waals surface area contributed by atoms with Crippen molar-refractivity contribution in [1.82, 2.24) is 10.0 Å². The standard InChI is InChI=1S/C13H18N2O5S/c1-3-14-21(19,20)11-6-4-10(5-7-11)8-12(16)15-9(2)13(17)18/h4-7,9,14H,3,8H2,1-2H3,(H,15,16)(H,17,18). The van der Waals surface area contributed by atoms with Crippen LogP contribution in [0.2, 0.25) is 0 Å². The van der Waals surface area contributed by atoms with Crippen LogP contribution < -0.4 is 10.0 Å². The third-order valence-corrected chi connectivity index (χ3v) is 4.24. The molecule has 0 radical (unpaired) electrons. The molecule has 1 aromatic carbocycles. The molecule has 7 nitrogen and oxygen atoms in total. The van der Waals surface area contributed by atoms with Crippen LogP contribution in [0.4, 0.5) is 0 Å². The summed E-state index contributed by atoms with van der Waals surface area (Å²) in [5.41, 5.74) is 0.598. The maximum absolute atomic E-state index is 11.7. The first kappa shape index (κ1) is 17.1. The van der Waals surface area contributed by atoms with E-state index in [4.69, 9.17) is 5.11 Å². The van der Waals surface area contributed by atoms with Crippen molar-refractivity contribution in [2.75, 3.05) is 6.54 Å². The number of carboxylic acids is 1. The number of carbonyl (C=O) groups excluding carboxylic acids is 1. The van der Waals surface area contributed by atoms with Crippen LogP contribution in [0.25, 0.3) is 0 Å². The molecule has 1 aromatic rings. The zero-order chi connectivity index (χ0) is 16.0. The van der Waals surface area contributed by atoms with Crippen LogP contribution in [0, 0.1) is 0 Å². The van der Waals surface area contributed by atoms with Gasteiger partial charge in [0.2, 0.25) is 15.9 Å². The molecule has 1 unspecified atom stereocenters. The van der Waals surface area contributed by atoms with E-state index in [0.29, 0.717) is 12.1 Å². The SMILES string of the molecule is CCNS(=O)(=O)c1ccc(CC(=O)NC(C)C(=O)O)cc1. The van der Waals surface area contributed by atoms with Gasteiger partial charge < -0.3 is 10.4 Å². The van der Waals surface area contributed by atoms with Crippen molar-refractivity contribution < 1.29 is 23.1 Å². The predicted molar refractivity (Wildman–Crippen MR) is 76.2 cm³/mol.